The van der Waals surface area contributed by atoms with Crippen molar-refractivity contribution < 1.29 is 9.90 Å². The summed E-state index contributed by atoms with van der Waals surface area (Å²) in [6.07, 6.45) is 3.82. The topological polar surface area (TPSA) is 80.0 Å². The second kappa shape index (κ2) is 3.62. The molecule has 2 N–H and O–H groups in total. The summed E-state index contributed by atoms with van der Waals surface area (Å²) in [4.78, 5) is 15.1. The van der Waals surface area contributed by atoms with Gasteiger partial charge in [0.2, 0.25) is 0 Å². The molecule has 1 aromatic heterocycles. The molecule has 0 aliphatic heterocycles. The maximum atomic E-state index is 11.0. The lowest BCUT2D eigenvalue weighted by Gasteiger charge is -2.38. The van der Waals surface area contributed by atoms with Crippen molar-refractivity contribution in [2.75, 3.05) is 0 Å². The number of aryl methyl sites for hydroxylation is 1. The van der Waals surface area contributed by atoms with Gasteiger partial charge in [-0.1, -0.05) is 0 Å². The van der Waals surface area contributed by atoms with Crippen LogP contribution in [-0.4, -0.2) is 31.4 Å². The Morgan fingerprint density at radius 3 is 2.87 bits per heavy atom. The van der Waals surface area contributed by atoms with Crippen molar-refractivity contribution in [1.29, 1.82) is 0 Å². The third-order valence-electron chi connectivity index (χ3n) is 3.01. The van der Waals surface area contributed by atoms with Crippen molar-refractivity contribution in [3.63, 3.8) is 0 Å². The molecule has 1 heterocycles. The first kappa shape index (κ1) is 10.1. The summed E-state index contributed by atoms with van der Waals surface area (Å²) < 4.78 is 1.64. The number of rotatable bonds is 4. The Morgan fingerprint density at radius 1 is 1.73 bits per heavy atom. The molecule has 1 fully saturated rings. The maximum Gasteiger partial charge on any atom is 0.323 e. The number of nitrogens with zero attached hydrogens (tertiary/aromatic N) is 3. The highest BCUT2D eigenvalue weighted by molar-refractivity contribution is 5.79. The fraction of sp³-hybridized carbons (Fsp3) is 0.667. The van der Waals surface area contributed by atoms with Gasteiger partial charge in [0.1, 0.15) is 17.7 Å². The standard InChI is InChI=1S/C9H14N4O2/c1-13-7(10-6-12-13)5-11-9(8(14)15)3-2-4-9/h6,11H,2-5H2,1H3,(H,14,15). The Balaban J connectivity index is 1.98. The third kappa shape index (κ3) is 1.72. The van der Waals surface area contributed by atoms with Gasteiger partial charge in [0.25, 0.3) is 0 Å². The van der Waals surface area contributed by atoms with Crippen molar-refractivity contribution in [2.45, 2.75) is 31.3 Å². The zero-order chi connectivity index (χ0) is 10.9. The second-order valence-electron chi connectivity index (χ2n) is 3.89. The zero-order valence-electron chi connectivity index (χ0n) is 8.60. The first-order valence-corrected chi connectivity index (χ1v) is 4.95. The zero-order valence-corrected chi connectivity index (χ0v) is 8.60. The summed E-state index contributed by atoms with van der Waals surface area (Å²) in [5.41, 5.74) is -0.730. The van der Waals surface area contributed by atoms with Gasteiger partial charge in [-0.05, 0) is 19.3 Å². The van der Waals surface area contributed by atoms with Gasteiger partial charge in [-0.3, -0.25) is 14.8 Å². The number of aromatic nitrogens is 3. The van der Waals surface area contributed by atoms with E-state index in [0.29, 0.717) is 19.4 Å². The number of aliphatic carboxylic acids is 1. The molecule has 0 saturated heterocycles. The highest BCUT2D eigenvalue weighted by atomic mass is 16.4. The number of carboxylic acid groups (broad SMARTS) is 1. The van der Waals surface area contributed by atoms with Crippen LogP contribution < -0.4 is 5.32 Å². The molecule has 0 unspecified atom stereocenters. The van der Waals surface area contributed by atoms with Crippen LogP contribution in [0.3, 0.4) is 0 Å². The van der Waals surface area contributed by atoms with Gasteiger partial charge in [0, 0.05) is 7.05 Å². The third-order valence-corrected chi connectivity index (χ3v) is 3.01. The quantitative estimate of drug-likeness (QED) is 0.726. The Bertz CT molecular complexity index is 370. The van der Waals surface area contributed by atoms with Crippen molar-refractivity contribution >= 4 is 5.97 Å². The number of carboxylic acids is 1. The van der Waals surface area contributed by atoms with Crippen LogP contribution in [0.1, 0.15) is 25.1 Å². The Hall–Kier alpha value is -1.43. The van der Waals surface area contributed by atoms with E-state index >= 15 is 0 Å². The van der Waals surface area contributed by atoms with E-state index in [0.717, 1.165) is 12.2 Å². The molecule has 1 saturated carbocycles. The molecule has 0 amide bonds. The first-order chi connectivity index (χ1) is 7.14. The monoisotopic (exact) mass is 210 g/mol. The molecule has 6 nitrogen and oxygen atoms in total. The van der Waals surface area contributed by atoms with Crippen molar-refractivity contribution in [1.82, 2.24) is 20.1 Å². The van der Waals surface area contributed by atoms with Crippen LogP contribution in [0.15, 0.2) is 6.33 Å². The van der Waals surface area contributed by atoms with E-state index in [2.05, 4.69) is 15.4 Å². The average molecular weight is 210 g/mol. The predicted molar refractivity (Wildman–Crippen MR) is 52.1 cm³/mol. The molecule has 0 aromatic carbocycles. The van der Waals surface area contributed by atoms with Crippen LogP contribution in [-0.2, 0) is 18.4 Å². The van der Waals surface area contributed by atoms with Gasteiger partial charge in [-0.25, -0.2) is 4.98 Å². The smallest absolute Gasteiger partial charge is 0.323 e. The number of nitrogens with one attached hydrogen (secondary N) is 1. The molecule has 1 aliphatic rings. The van der Waals surface area contributed by atoms with Crippen LogP contribution >= 0.6 is 0 Å². The highest BCUT2D eigenvalue weighted by Gasteiger charge is 2.43. The fourth-order valence-corrected chi connectivity index (χ4v) is 1.73. The number of carbonyl (C=O) groups is 1. The molecule has 0 spiro atoms. The van der Waals surface area contributed by atoms with E-state index in [1.165, 1.54) is 6.33 Å². The van der Waals surface area contributed by atoms with Crippen LogP contribution in [0.2, 0.25) is 0 Å². The Morgan fingerprint density at radius 2 is 2.47 bits per heavy atom. The predicted octanol–water partition coefficient (Wildman–Crippen LogP) is -0.0880. The molecular formula is C9H14N4O2. The molecule has 0 bridgehead atoms. The van der Waals surface area contributed by atoms with E-state index in [9.17, 15) is 4.79 Å². The van der Waals surface area contributed by atoms with Crippen molar-refractivity contribution in [3.05, 3.63) is 12.2 Å². The summed E-state index contributed by atoms with van der Waals surface area (Å²) in [7, 11) is 1.79. The van der Waals surface area contributed by atoms with Crippen LogP contribution in [0.5, 0.6) is 0 Å². The minimum absolute atomic E-state index is 0.447. The number of hydrogen-bond donors (Lipinski definition) is 2. The normalized spacial score (nSPS) is 18.5. The molecule has 82 valence electrons. The molecule has 0 radical (unpaired) electrons. The molecule has 0 atom stereocenters. The van der Waals surface area contributed by atoms with Crippen molar-refractivity contribution in [3.8, 4) is 0 Å². The van der Waals surface area contributed by atoms with Crippen LogP contribution in [0.4, 0.5) is 0 Å². The van der Waals surface area contributed by atoms with Crippen molar-refractivity contribution in [2.24, 2.45) is 7.05 Å². The summed E-state index contributed by atoms with van der Waals surface area (Å²) in [5.74, 6) is -0.0153. The average Bonchev–Trinajstić information content (AvgIpc) is 2.49. The second-order valence-corrected chi connectivity index (χ2v) is 3.89. The van der Waals surface area contributed by atoms with E-state index in [-0.39, 0.29) is 0 Å². The van der Waals surface area contributed by atoms with Gasteiger partial charge in [0.05, 0.1) is 6.54 Å². The lowest BCUT2D eigenvalue weighted by atomic mass is 9.77. The molecule has 2 rings (SSSR count). The largest absolute Gasteiger partial charge is 0.480 e. The van der Waals surface area contributed by atoms with E-state index in [1.807, 2.05) is 0 Å². The lowest BCUT2D eigenvalue weighted by Crippen LogP contribution is -2.56. The van der Waals surface area contributed by atoms with E-state index in [1.54, 1.807) is 11.7 Å². The van der Waals surface area contributed by atoms with Gasteiger partial charge in [0.15, 0.2) is 0 Å². The SMILES string of the molecule is Cn1ncnc1CNC1(C(=O)O)CCC1. The maximum absolute atomic E-state index is 11.0. The number of hydrogen-bond acceptors (Lipinski definition) is 4. The fourth-order valence-electron chi connectivity index (χ4n) is 1.73. The summed E-state index contributed by atoms with van der Waals surface area (Å²) in [6.45, 7) is 0.447. The van der Waals surface area contributed by atoms with Crippen LogP contribution in [0.25, 0.3) is 0 Å². The van der Waals surface area contributed by atoms with Crippen LogP contribution in [0, 0.1) is 0 Å². The van der Waals surface area contributed by atoms with Gasteiger partial charge < -0.3 is 5.11 Å². The summed E-state index contributed by atoms with van der Waals surface area (Å²) in [5, 5.41) is 16.1. The first-order valence-electron chi connectivity index (χ1n) is 4.95. The summed E-state index contributed by atoms with van der Waals surface area (Å²) >= 11 is 0. The van der Waals surface area contributed by atoms with E-state index in [4.69, 9.17) is 5.11 Å². The van der Waals surface area contributed by atoms with Gasteiger partial charge in [-0.15, -0.1) is 0 Å². The summed E-state index contributed by atoms with van der Waals surface area (Å²) in [6, 6.07) is 0. The molecule has 15 heavy (non-hydrogen) atoms. The van der Waals surface area contributed by atoms with Gasteiger partial charge in [-0.2, -0.15) is 5.10 Å². The van der Waals surface area contributed by atoms with E-state index < -0.39 is 11.5 Å². The Kier molecular flexibility index (Phi) is 2.44. The molecule has 1 aromatic rings. The minimum Gasteiger partial charge on any atom is -0.480 e. The minimum atomic E-state index is -0.768. The molecule has 1 aliphatic carbocycles. The van der Waals surface area contributed by atoms with Gasteiger partial charge >= 0.3 is 5.97 Å². The molecule has 6 heteroatoms. The highest BCUT2D eigenvalue weighted by Crippen LogP contribution is 2.32. The lowest BCUT2D eigenvalue weighted by molar-refractivity contribution is -0.148. The molecular weight excluding hydrogens is 196 g/mol. The Labute approximate surface area is 87.3 Å².